The number of ether oxygens (including phenoxy) is 3. The lowest BCUT2D eigenvalue weighted by Gasteiger charge is -2.21. The van der Waals surface area contributed by atoms with Gasteiger partial charge in [-0.1, -0.05) is 195 Å². The molecule has 4 N–H and O–H groups in total. The molecule has 0 saturated carbocycles. The van der Waals surface area contributed by atoms with Gasteiger partial charge < -0.3 is 34.2 Å². The van der Waals surface area contributed by atoms with Gasteiger partial charge in [0.15, 0.2) is 6.10 Å². The number of hydrogen-bond donors (Lipinski definition) is 4. The van der Waals surface area contributed by atoms with Crippen LogP contribution in [0.4, 0.5) is 0 Å². The van der Waals surface area contributed by atoms with Gasteiger partial charge in [0.05, 0.1) is 26.4 Å². The van der Waals surface area contributed by atoms with Crippen LogP contribution in [-0.4, -0.2) is 95.9 Å². The van der Waals surface area contributed by atoms with E-state index in [1.807, 2.05) is 0 Å². The monoisotopic (exact) mass is 1180 g/mol. The summed E-state index contributed by atoms with van der Waals surface area (Å²) < 4.78 is 60.6. The van der Waals surface area contributed by atoms with Gasteiger partial charge in [-0.3, -0.25) is 32.5 Å². The largest absolute Gasteiger partial charge is 0.472 e. The van der Waals surface area contributed by atoms with Crippen LogP contribution in [0.3, 0.4) is 0 Å². The minimum atomic E-state index is -4.92. The molecule has 0 aromatic rings. The van der Waals surface area contributed by atoms with Crippen molar-refractivity contribution in [2.45, 2.75) is 245 Å². The lowest BCUT2D eigenvalue weighted by atomic mass is 10.1. The summed E-state index contributed by atoms with van der Waals surface area (Å²) in [5, 5.41) is 20.5. The molecule has 0 aliphatic rings. The van der Waals surface area contributed by atoms with Crippen LogP contribution >= 0.6 is 15.6 Å². The van der Waals surface area contributed by atoms with Crippen LogP contribution in [0.25, 0.3) is 0 Å². The van der Waals surface area contributed by atoms with Crippen LogP contribution in [0.2, 0.25) is 0 Å². The highest BCUT2D eigenvalue weighted by molar-refractivity contribution is 7.47. The van der Waals surface area contributed by atoms with E-state index < -0.39 is 91.5 Å². The Labute approximate surface area is 488 Å². The minimum absolute atomic E-state index is 0.0886. The van der Waals surface area contributed by atoms with Crippen molar-refractivity contribution in [3.63, 3.8) is 0 Å². The number of unbranched alkanes of at least 4 members (excludes halogenated alkanes) is 18. The van der Waals surface area contributed by atoms with E-state index in [-0.39, 0.29) is 19.3 Å². The summed E-state index contributed by atoms with van der Waals surface area (Å²) >= 11 is 0. The first kappa shape index (κ1) is 77.5. The van der Waals surface area contributed by atoms with Crippen LogP contribution in [0.5, 0.6) is 0 Å². The first-order chi connectivity index (χ1) is 39.2. The number of carbonyl (C=O) groups is 3. The Morgan fingerprint density at radius 1 is 0.358 bits per heavy atom. The van der Waals surface area contributed by atoms with Gasteiger partial charge >= 0.3 is 33.6 Å². The van der Waals surface area contributed by atoms with Crippen LogP contribution < -0.4 is 0 Å². The van der Waals surface area contributed by atoms with Crippen LogP contribution in [0, 0.1) is 0 Å². The second-order valence-electron chi connectivity index (χ2n) is 20.1. The first-order valence-electron chi connectivity index (χ1n) is 30.5. The van der Waals surface area contributed by atoms with Gasteiger partial charge in [-0.05, 0) is 109 Å². The Bertz CT molecular complexity index is 1870. The Kier molecular flexibility index (Phi) is 54.4. The molecule has 0 bridgehead atoms. The SMILES string of the molecule is CC/C=C\C/C=C\C/C=C\C/C=C\CCCCCCCCC(=O)OCC(O)COP(=O)(O)OCC(O)COP(=O)(O)OCC(COC(=O)CCCCCCC/C=C\C/C=C\C/C=C\CC)OC(=O)CCCCCCC/C=C\CCCC. The number of esters is 3. The topological polar surface area (TPSA) is 231 Å². The molecule has 0 aliphatic heterocycles. The van der Waals surface area contributed by atoms with E-state index in [0.717, 1.165) is 154 Å². The molecule has 0 aromatic heterocycles. The third-order valence-electron chi connectivity index (χ3n) is 12.3. The van der Waals surface area contributed by atoms with Crippen molar-refractivity contribution in [3.05, 3.63) is 97.2 Å². The average Bonchev–Trinajstić information content (AvgIpc) is 3.44. The summed E-state index contributed by atoms with van der Waals surface area (Å²) in [5.74, 6) is -1.62. The Balaban J connectivity index is 4.64. The zero-order chi connectivity index (χ0) is 59.6. The summed E-state index contributed by atoms with van der Waals surface area (Å²) in [7, 11) is -9.77. The fraction of sp³-hybridized carbons (Fsp3) is 0.698. The van der Waals surface area contributed by atoms with Crippen molar-refractivity contribution in [3.8, 4) is 0 Å². The highest BCUT2D eigenvalue weighted by atomic mass is 31.2. The van der Waals surface area contributed by atoms with Crippen LogP contribution in [0.15, 0.2) is 97.2 Å². The van der Waals surface area contributed by atoms with E-state index >= 15 is 0 Å². The number of allylic oxidation sites excluding steroid dienone is 16. The second-order valence-corrected chi connectivity index (χ2v) is 23.0. The number of aliphatic hydroxyl groups is 2. The smallest absolute Gasteiger partial charge is 0.463 e. The fourth-order valence-electron chi connectivity index (χ4n) is 7.61. The normalized spacial score (nSPS) is 15.1. The molecule has 0 saturated heterocycles. The molecule has 16 nitrogen and oxygen atoms in total. The van der Waals surface area contributed by atoms with Crippen LogP contribution in [-0.2, 0) is 55.8 Å². The molecule has 5 unspecified atom stereocenters. The van der Waals surface area contributed by atoms with E-state index in [9.17, 15) is 43.5 Å². The molecule has 18 heteroatoms. The lowest BCUT2D eigenvalue weighted by Crippen LogP contribution is -2.30. The van der Waals surface area contributed by atoms with E-state index in [1.165, 1.54) is 12.8 Å². The van der Waals surface area contributed by atoms with Gasteiger partial charge in [0, 0.05) is 19.3 Å². The van der Waals surface area contributed by atoms with Crippen molar-refractivity contribution in [1.29, 1.82) is 0 Å². The molecule has 0 aliphatic carbocycles. The molecule has 0 radical (unpaired) electrons. The Morgan fingerprint density at radius 3 is 1.05 bits per heavy atom. The van der Waals surface area contributed by atoms with Gasteiger partial charge in [-0.25, -0.2) is 9.13 Å². The first-order valence-corrected chi connectivity index (χ1v) is 33.5. The van der Waals surface area contributed by atoms with E-state index in [1.54, 1.807) is 0 Å². The lowest BCUT2D eigenvalue weighted by molar-refractivity contribution is -0.161. The van der Waals surface area contributed by atoms with Gasteiger partial charge in [0.2, 0.25) is 0 Å². The van der Waals surface area contributed by atoms with Crippen molar-refractivity contribution < 1.29 is 75.8 Å². The third-order valence-corrected chi connectivity index (χ3v) is 14.2. The number of hydrogen-bond acceptors (Lipinski definition) is 14. The van der Waals surface area contributed by atoms with Gasteiger partial charge in [-0.15, -0.1) is 0 Å². The predicted molar refractivity (Wildman–Crippen MR) is 325 cm³/mol. The number of phosphoric ester groups is 2. The number of rotatable bonds is 57. The zero-order valence-electron chi connectivity index (χ0n) is 49.9. The summed E-state index contributed by atoms with van der Waals surface area (Å²) in [6.07, 6.45) is 59.1. The molecule has 0 heterocycles. The van der Waals surface area contributed by atoms with Gasteiger partial charge in [-0.2, -0.15) is 0 Å². The molecule has 0 fully saturated rings. The standard InChI is InChI=1S/C63H108O16P2/c1-4-7-10-13-16-19-22-24-26-27-28-29-31-33-35-37-40-43-46-49-61(66)73-52-58(64)53-75-80(69,70)76-54-59(65)55-77-81(71,72)78-57-60(79-63(68)51-48-45-42-39-34-21-18-15-12-9-6-3)56-74-62(67)50-47-44-41-38-36-32-30-25-23-20-17-14-11-8-5-2/h7-8,10-11,15-20,24-26,28-30,58-60,64-65H,4-6,9,12-14,21-23,27,31-57H2,1-3H3,(H,69,70)(H,71,72)/b10-7-,11-8-,18-15-,19-16-,20-17-,26-24-,29-28-,30-25-. The van der Waals surface area contributed by atoms with E-state index in [4.69, 9.17) is 32.3 Å². The summed E-state index contributed by atoms with van der Waals surface area (Å²) in [5.41, 5.74) is 0. The number of aliphatic hydroxyl groups excluding tert-OH is 2. The summed E-state index contributed by atoms with van der Waals surface area (Å²) in [6.45, 7) is 2.32. The molecule has 0 spiro atoms. The number of carbonyl (C=O) groups excluding carboxylic acids is 3. The minimum Gasteiger partial charge on any atom is -0.463 e. The Hall–Kier alpha value is -3.53. The van der Waals surface area contributed by atoms with Crippen molar-refractivity contribution >= 4 is 33.6 Å². The maximum absolute atomic E-state index is 12.8. The average molecular weight is 1180 g/mol. The molecule has 0 aromatic carbocycles. The van der Waals surface area contributed by atoms with Crippen molar-refractivity contribution in [2.24, 2.45) is 0 Å². The van der Waals surface area contributed by atoms with E-state index in [2.05, 4.69) is 118 Å². The quantitative estimate of drug-likeness (QED) is 0.0146. The fourth-order valence-corrected chi connectivity index (χ4v) is 9.20. The predicted octanol–water partition coefficient (Wildman–Crippen LogP) is 16.0. The highest BCUT2D eigenvalue weighted by Gasteiger charge is 2.29. The maximum Gasteiger partial charge on any atom is 0.472 e. The second kappa shape index (κ2) is 56.9. The molecule has 5 atom stereocenters. The molecule has 0 rings (SSSR count). The van der Waals surface area contributed by atoms with Crippen molar-refractivity contribution in [2.75, 3.05) is 39.6 Å². The summed E-state index contributed by atoms with van der Waals surface area (Å²) in [6, 6.07) is 0. The van der Waals surface area contributed by atoms with Gasteiger partial charge in [0.1, 0.15) is 25.4 Å². The van der Waals surface area contributed by atoms with Crippen molar-refractivity contribution in [1.82, 2.24) is 0 Å². The van der Waals surface area contributed by atoms with E-state index in [0.29, 0.717) is 19.3 Å². The zero-order valence-corrected chi connectivity index (χ0v) is 51.7. The molecular formula is C63H108O16P2. The molecule has 466 valence electrons. The summed E-state index contributed by atoms with van der Waals surface area (Å²) in [4.78, 5) is 58.1. The highest BCUT2D eigenvalue weighted by Crippen LogP contribution is 2.45. The third kappa shape index (κ3) is 58.1. The Morgan fingerprint density at radius 2 is 0.654 bits per heavy atom. The molecule has 81 heavy (non-hydrogen) atoms. The number of phosphoric acid groups is 2. The molecule has 0 amide bonds. The maximum atomic E-state index is 12.8. The van der Waals surface area contributed by atoms with Crippen LogP contribution in [0.1, 0.15) is 226 Å². The molecular weight excluding hydrogens is 1070 g/mol. The van der Waals surface area contributed by atoms with Gasteiger partial charge in [0.25, 0.3) is 0 Å².